The minimum atomic E-state index is -0.907. The first-order valence-electron chi connectivity index (χ1n) is 9.77. The highest BCUT2D eigenvalue weighted by molar-refractivity contribution is 6.31. The molecular weight excluding hydrogens is 393 g/mol. The van der Waals surface area contributed by atoms with E-state index in [1.807, 2.05) is 18.2 Å². The molecule has 0 unspecified atom stereocenters. The Bertz CT molecular complexity index is 1190. The molecule has 0 bridgehead atoms. The molecular formula is C25H20ClF3. The van der Waals surface area contributed by atoms with Gasteiger partial charge in [0, 0.05) is 5.56 Å². The smallest absolute Gasteiger partial charge is 0.145 e. The van der Waals surface area contributed by atoms with Crippen molar-refractivity contribution >= 4 is 33.1 Å². The van der Waals surface area contributed by atoms with Crippen LogP contribution in [0.3, 0.4) is 0 Å². The van der Waals surface area contributed by atoms with Gasteiger partial charge >= 0.3 is 0 Å². The van der Waals surface area contributed by atoms with Crippen molar-refractivity contribution in [1.82, 2.24) is 0 Å². The summed E-state index contributed by atoms with van der Waals surface area (Å²) in [5, 5.41) is 3.01. The third kappa shape index (κ3) is 3.84. The number of rotatable bonds is 5. The summed E-state index contributed by atoms with van der Waals surface area (Å²) in [7, 11) is 0. The van der Waals surface area contributed by atoms with Gasteiger partial charge in [0.2, 0.25) is 0 Å². The Kier molecular flexibility index (Phi) is 5.51. The number of unbranched alkanes of at least 4 members (excludes halogenated alkanes) is 2. The normalized spacial score (nSPS) is 11.5. The lowest BCUT2D eigenvalue weighted by Gasteiger charge is -2.11. The Labute approximate surface area is 172 Å². The molecule has 0 amide bonds. The number of hydrogen-bond donors (Lipinski definition) is 0. The molecule has 0 heterocycles. The molecule has 4 heteroatoms. The van der Waals surface area contributed by atoms with Crippen molar-refractivity contribution in [3.8, 4) is 11.1 Å². The fraction of sp³-hybridized carbons (Fsp3) is 0.200. The minimum Gasteiger partial charge on any atom is -0.206 e. The van der Waals surface area contributed by atoms with Crippen LogP contribution >= 0.6 is 11.6 Å². The van der Waals surface area contributed by atoms with E-state index >= 15 is 0 Å². The van der Waals surface area contributed by atoms with E-state index in [0.29, 0.717) is 0 Å². The van der Waals surface area contributed by atoms with Crippen LogP contribution in [0.2, 0.25) is 5.02 Å². The molecule has 29 heavy (non-hydrogen) atoms. The van der Waals surface area contributed by atoms with E-state index in [4.69, 9.17) is 11.6 Å². The van der Waals surface area contributed by atoms with Crippen molar-refractivity contribution in [2.24, 2.45) is 0 Å². The molecule has 0 aliphatic heterocycles. The standard InChI is InChI=1S/C25H20ClF3/c1-2-3-4-5-15-6-9-19-16(10-15)7-8-17-11-21(22(27)14-20(17)19)18-12-23(28)25(26)24(29)13-18/h6-14H,2-5H2,1H3. The van der Waals surface area contributed by atoms with E-state index in [9.17, 15) is 13.2 Å². The molecule has 148 valence electrons. The van der Waals surface area contributed by atoms with Crippen LogP contribution in [0, 0.1) is 17.5 Å². The van der Waals surface area contributed by atoms with E-state index in [0.717, 1.165) is 46.5 Å². The fourth-order valence-corrected chi connectivity index (χ4v) is 3.91. The minimum absolute atomic E-state index is 0.121. The summed E-state index contributed by atoms with van der Waals surface area (Å²) in [5.74, 6) is -2.34. The van der Waals surface area contributed by atoms with E-state index in [1.165, 1.54) is 24.5 Å². The summed E-state index contributed by atoms with van der Waals surface area (Å²) >= 11 is 5.55. The molecule has 0 aliphatic carbocycles. The quantitative estimate of drug-likeness (QED) is 0.175. The summed E-state index contributed by atoms with van der Waals surface area (Å²) in [4.78, 5) is 0. The average molecular weight is 413 g/mol. The Hall–Kier alpha value is -2.52. The van der Waals surface area contributed by atoms with Crippen LogP contribution in [0.25, 0.3) is 32.7 Å². The maximum absolute atomic E-state index is 14.9. The molecule has 4 aromatic carbocycles. The van der Waals surface area contributed by atoms with E-state index in [2.05, 4.69) is 19.1 Å². The second-order valence-electron chi connectivity index (χ2n) is 7.39. The predicted octanol–water partition coefficient (Wildman–Crippen LogP) is 8.46. The van der Waals surface area contributed by atoms with Crippen LogP contribution in [0.4, 0.5) is 13.2 Å². The number of hydrogen-bond acceptors (Lipinski definition) is 0. The SMILES string of the molecule is CCCCCc1ccc2c(ccc3cc(-c4cc(F)c(Cl)c(F)c4)c(F)cc32)c1. The molecule has 0 saturated heterocycles. The number of fused-ring (bicyclic) bond motifs is 3. The summed E-state index contributed by atoms with van der Waals surface area (Å²) in [6, 6.07) is 15.4. The second-order valence-corrected chi connectivity index (χ2v) is 7.76. The Morgan fingerprint density at radius 2 is 1.41 bits per heavy atom. The first-order valence-corrected chi connectivity index (χ1v) is 10.2. The highest BCUT2D eigenvalue weighted by Crippen LogP contribution is 2.34. The molecule has 0 radical (unpaired) electrons. The summed E-state index contributed by atoms with van der Waals surface area (Å²) in [6.45, 7) is 2.18. The predicted molar refractivity (Wildman–Crippen MR) is 115 cm³/mol. The molecule has 0 nitrogen and oxygen atoms in total. The van der Waals surface area contributed by atoms with Crippen LogP contribution < -0.4 is 0 Å². The van der Waals surface area contributed by atoms with Crippen molar-refractivity contribution in [3.63, 3.8) is 0 Å². The zero-order chi connectivity index (χ0) is 20.5. The summed E-state index contributed by atoms with van der Waals surface area (Å²) in [6.07, 6.45) is 4.57. The highest BCUT2D eigenvalue weighted by Gasteiger charge is 2.14. The Morgan fingerprint density at radius 1 is 0.724 bits per heavy atom. The van der Waals surface area contributed by atoms with Gasteiger partial charge < -0.3 is 0 Å². The third-order valence-corrected chi connectivity index (χ3v) is 5.71. The van der Waals surface area contributed by atoms with Crippen LogP contribution in [-0.4, -0.2) is 0 Å². The van der Waals surface area contributed by atoms with Gasteiger partial charge in [0.25, 0.3) is 0 Å². The van der Waals surface area contributed by atoms with Crippen LogP contribution in [0.1, 0.15) is 31.7 Å². The monoisotopic (exact) mass is 412 g/mol. The Balaban J connectivity index is 1.80. The topological polar surface area (TPSA) is 0 Å². The van der Waals surface area contributed by atoms with E-state index < -0.39 is 22.5 Å². The average Bonchev–Trinajstić information content (AvgIpc) is 2.71. The highest BCUT2D eigenvalue weighted by atomic mass is 35.5. The molecule has 0 saturated carbocycles. The van der Waals surface area contributed by atoms with Gasteiger partial charge in [0.05, 0.1) is 0 Å². The number of aryl methyl sites for hydroxylation is 1. The molecule has 0 fully saturated rings. The van der Waals surface area contributed by atoms with Crippen molar-refractivity contribution in [2.45, 2.75) is 32.6 Å². The van der Waals surface area contributed by atoms with Crippen LogP contribution in [0.5, 0.6) is 0 Å². The van der Waals surface area contributed by atoms with E-state index in [-0.39, 0.29) is 11.1 Å². The molecule has 0 atom stereocenters. The largest absolute Gasteiger partial charge is 0.206 e. The third-order valence-electron chi connectivity index (χ3n) is 5.35. The van der Waals surface area contributed by atoms with Gasteiger partial charge in [0.1, 0.15) is 22.5 Å². The maximum Gasteiger partial charge on any atom is 0.145 e. The van der Waals surface area contributed by atoms with Gasteiger partial charge in [-0.05, 0) is 69.8 Å². The van der Waals surface area contributed by atoms with Crippen molar-refractivity contribution in [1.29, 1.82) is 0 Å². The molecule has 0 aromatic heterocycles. The van der Waals surface area contributed by atoms with Crippen LogP contribution in [0.15, 0.2) is 54.6 Å². The zero-order valence-electron chi connectivity index (χ0n) is 16.0. The fourth-order valence-electron chi connectivity index (χ4n) is 3.80. The lowest BCUT2D eigenvalue weighted by atomic mass is 9.95. The molecule has 4 rings (SSSR count). The van der Waals surface area contributed by atoms with Crippen molar-refractivity contribution in [3.05, 3.63) is 82.6 Å². The first-order chi connectivity index (χ1) is 14.0. The van der Waals surface area contributed by atoms with Gasteiger partial charge in [-0.25, -0.2) is 13.2 Å². The Morgan fingerprint density at radius 3 is 2.10 bits per heavy atom. The van der Waals surface area contributed by atoms with Gasteiger partial charge in [-0.2, -0.15) is 0 Å². The maximum atomic E-state index is 14.9. The van der Waals surface area contributed by atoms with Crippen molar-refractivity contribution in [2.75, 3.05) is 0 Å². The first kappa shape index (κ1) is 19.8. The van der Waals surface area contributed by atoms with Crippen molar-refractivity contribution < 1.29 is 13.2 Å². The van der Waals surface area contributed by atoms with Gasteiger partial charge in [-0.1, -0.05) is 61.7 Å². The van der Waals surface area contributed by atoms with Crippen LogP contribution in [-0.2, 0) is 6.42 Å². The molecule has 0 spiro atoms. The summed E-state index contributed by atoms with van der Waals surface area (Å²) < 4.78 is 42.6. The molecule has 0 aliphatic rings. The summed E-state index contributed by atoms with van der Waals surface area (Å²) in [5.41, 5.74) is 1.53. The van der Waals surface area contributed by atoms with Gasteiger partial charge in [-0.15, -0.1) is 0 Å². The lowest BCUT2D eigenvalue weighted by molar-refractivity contribution is 0.584. The second kappa shape index (κ2) is 8.08. The van der Waals surface area contributed by atoms with Gasteiger partial charge in [0.15, 0.2) is 0 Å². The molecule has 4 aromatic rings. The number of benzene rings is 4. The van der Waals surface area contributed by atoms with Gasteiger partial charge in [-0.3, -0.25) is 0 Å². The van der Waals surface area contributed by atoms with E-state index in [1.54, 1.807) is 6.07 Å². The molecule has 0 N–H and O–H groups in total. The number of halogens is 4. The zero-order valence-corrected chi connectivity index (χ0v) is 16.8. The lowest BCUT2D eigenvalue weighted by Crippen LogP contribution is -1.91.